The molecule has 0 bridgehead atoms. The Balaban J connectivity index is 3.04. The van der Waals surface area contributed by atoms with Crippen molar-refractivity contribution in [3.8, 4) is 12.1 Å². The molecule has 1 rings (SSSR count). The van der Waals surface area contributed by atoms with Crippen molar-refractivity contribution in [1.82, 2.24) is 0 Å². The lowest BCUT2D eigenvalue weighted by Gasteiger charge is -2.19. The molecule has 5 heteroatoms. The summed E-state index contributed by atoms with van der Waals surface area (Å²) in [6, 6.07) is 6.97. The van der Waals surface area contributed by atoms with Gasteiger partial charge in [-0.1, -0.05) is 0 Å². The van der Waals surface area contributed by atoms with E-state index in [1.807, 2.05) is 12.1 Å². The maximum atomic E-state index is 13.8. The zero-order valence-corrected chi connectivity index (χ0v) is 10.3. The first-order chi connectivity index (χ1) is 7.61. The molecular formula is C11H9BrFN3. The van der Waals surface area contributed by atoms with Crippen LogP contribution in [0.3, 0.4) is 0 Å². The number of nitriles is 2. The Bertz CT molecular complexity index is 473. The van der Waals surface area contributed by atoms with Crippen LogP contribution in [0.5, 0.6) is 0 Å². The minimum absolute atomic E-state index is 0.163. The highest BCUT2D eigenvalue weighted by Crippen LogP contribution is 2.28. The summed E-state index contributed by atoms with van der Waals surface area (Å²) >= 11 is 3.04. The molecule has 3 nitrogen and oxygen atoms in total. The van der Waals surface area contributed by atoms with Crippen molar-refractivity contribution in [1.29, 1.82) is 10.5 Å². The van der Waals surface area contributed by atoms with Crippen LogP contribution in [0.15, 0.2) is 16.6 Å². The van der Waals surface area contributed by atoms with Crippen LogP contribution in [0.25, 0.3) is 0 Å². The van der Waals surface area contributed by atoms with Gasteiger partial charge in [0, 0.05) is 13.6 Å². The number of hydrogen-bond acceptors (Lipinski definition) is 3. The van der Waals surface area contributed by atoms with E-state index in [1.165, 1.54) is 6.07 Å². The van der Waals surface area contributed by atoms with Crippen LogP contribution < -0.4 is 4.90 Å². The van der Waals surface area contributed by atoms with E-state index in [-0.39, 0.29) is 10.0 Å². The quantitative estimate of drug-likeness (QED) is 0.856. The summed E-state index contributed by atoms with van der Waals surface area (Å²) in [5.41, 5.74) is 0.635. The van der Waals surface area contributed by atoms with Crippen LogP contribution in [0, 0.1) is 28.5 Å². The second-order valence-corrected chi connectivity index (χ2v) is 3.99. The van der Waals surface area contributed by atoms with Gasteiger partial charge < -0.3 is 4.90 Å². The standard InChI is InChI=1S/C11H9BrFN3/c1-16(6-2-5-14)9-4-3-8(7-15)10(12)11(9)13/h3-4H,2,6H2,1H3. The largest absolute Gasteiger partial charge is 0.371 e. The van der Waals surface area contributed by atoms with Crippen LogP contribution in [0.4, 0.5) is 10.1 Å². The molecule has 0 aliphatic carbocycles. The van der Waals surface area contributed by atoms with Crippen molar-refractivity contribution in [2.75, 3.05) is 18.5 Å². The molecule has 0 saturated carbocycles. The van der Waals surface area contributed by atoms with Gasteiger partial charge >= 0.3 is 0 Å². The van der Waals surface area contributed by atoms with Gasteiger partial charge in [0.2, 0.25) is 0 Å². The van der Waals surface area contributed by atoms with E-state index >= 15 is 0 Å². The molecule has 0 amide bonds. The maximum absolute atomic E-state index is 13.8. The average Bonchev–Trinajstić information content (AvgIpc) is 2.29. The van der Waals surface area contributed by atoms with Crippen molar-refractivity contribution >= 4 is 21.6 Å². The Labute approximate surface area is 102 Å². The molecule has 82 valence electrons. The first-order valence-corrected chi connectivity index (χ1v) is 5.37. The van der Waals surface area contributed by atoms with E-state index in [9.17, 15) is 4.39 Å². The fourth-order valence-corrected chi connectivity index (χ4v) is 1.68. The Morgan fingerprint density at radius 1 is 1.44 bits per heavy atom. The molecule has 0 spiro atoms. The van der Waals surface area contributed by atoms with Gasteiger partial charge in [0.1, 0.15) is 6.07 Å². The van der Waals surface area contributed by atoms with E-state index in [1.54, 1.807) is 18.0 Å². The molecule has 0 aromatic heterocycles. The molecular weight excluding hydrogens is 273 g/mol. The molecule has 16 heavy (non-hydrogen) atoms. The molecule has 1 aromatic carbocycles. The molecule has 0 heterocycles. The van der Waals surface area contributed by atoms with Crippen LogP contribution in [0.1, 0.15) is 12.0 Å². The van der Waals surface area contributed by atoms with Gasteiger partial charge in [-0.3, -0.25) is 0 Å². The summed E-state index contributed by atoms with van der Waals surface area (Å²) in [6.07, 6.45) is 0.327. The van der Waals surface area contributed by atoms with E-state index in [4.69, 9.17) is 10.5 Å². The van der Waals surface area contributed by atoms with E-state index in [2.05, 4.69) is 15.9 Å². The number of hydrogen-bond donors (Lipinski definition) is 0. The van der Waals surface area contributed by atoms with Crippen LogP contribution in [-0.2, 0) is 0 Å². The van der Waals surface area contributed by atoms with Crippen LogP contribution >= 0.6 is 15.9 Å². The predicted molar refractivity (Wildman–Crippen MR) is 62.3 cm³/mol. The van der Waals surface area contributed by atoms with Gasteiger partial charge in [0.25, 0.3) is 0 Å². The number of nitrogens with zero attached hydrogens (tertiary/aromatic N) is 3. The average molecular weight is 282 g/mol. The summed E-state index contributed by atoms with van der Waals surface area (Å²) in [5, 5.41) is 17.2. The molecule has 0 atom stereocenters. The molecule has 0 fully saturated rings. The number of anilines is 1. The minimum atomic E-state index is -0.473. The highest BCUT2D eigenvalue weighted by molar-refractivity contribution is 9.10. The highest BCUT2D eigenvalue weighted by atomic mass is 79.9. The third kappa shape index (κ3) is 2.50. The van der Waals surface area contributed by atoms with E-state index < -0.39 is 5.82 Å². The summed E-state index contributed by atoms with van der Waals surface area (Å²) in [7, 11) is 1.70. The Morgan fingerprint density at radius 2 is 2.12 bits per heavy atom. The van der Waals surface area contributed by atoms with Gasteiger partial charge in [0.15, 0.2) is 5.82 Å². The Hall–Kier alpha value is -1.59. The number of halogens is 2. The fraction of sp³-hybridized carbons (Fsp3) is 0.273. The van der Waals surface area contributed by atoms with E-state index in [0.29, 0.717) is 18.7 Å². The third-order valence-corrected chi connectivity index (χ3v) is 2.93. The summed E-state index contributed by atoms with van der Waals surface area (Å²) < 4.78 is 14.0. The molecule has 0 unspecified atom stereocenters. The topological polar surface area (TPSA) is 50.8 Å². The van der Waals surface area contributed by atoms with Crippen molar-refractivity contribution < 1.29 is 4.39 Å². The first kappa shape index (κ1) is 12.5. The lowest BCUT2D eigenvalue weighted by molar-refractivity contribution is 0.615. The van der Waals surface area contributed by atoms with Gasteiger partial charge in [-0.15, -0.1) is 0 Å². The smallest absolute Gasteiger partial charge is 0.161 e. The maximum Gasteiger partial charge on any atom is 0.161 e. The lowest BCUT2D eigenvalue weighted by Crippen LogP contribution is -2.19. The molecule has 0 saturated heterocycles. The monoisotopic (exact) mass is 281 g/mol. The first-order valence-electron chi connectivity index (χ1n) is 4.58. The second-order valence-electron chi connectivity index (χ2n) is 3.20. The molecule has 0 radical (unpaired) electrons. The van der Waals surface area contributed by atoms with Gasteiger partial charge in [-0.2, -0.15) is 10.5 Å². The van der Waals surface area contributed by atoms with Gasteiger partial charge in [-0.05, 0) is 28.1 Å². The summed E-state index contributed by atoms with van der Waals surface area (Å²) in [6.45, 7) is 0.450. The summed E-state index contributed by atoms with van der Waals surface area (Å²) in [4.78, 5) is 1.64. The number of benzene rings is 1. The number of rotatable bonds is 3. The molecule has 0 aliphatic rings. The Kier molecular flexibility index (Phi) is 4.28. The zero-order chi connectivity index (χ0) is 12.1. The van der Waals surface area contributed by atoms with E-state index in [0.717, 1.165) is 0 Å². The van der Waals surface area contributed by atoms with Crippen LogP contribution in [-0.4, -0.2) is 13.6 Å². The van der Waals surface area contributed by atoms with Crippen molar-refractivity contribution in [3.63, 3.8) is 0 Å². The predicted octanol–water partition coefficient (Wildman–Crippen LogP) is 2.81. The van der Waals surface area contributed by atoms with Crippen molar-refractivity contribution in [2.45, 2.75) is 6.42 Å². The lowest BCUT2D eigenvalue weighted by atomic mass is 10.2. The summed E-state index contributed by atoms with van der Waals surface area (Å²) in [5.74, 6) is -0.473. The zero-order valence-electron chi connectivity index (χ0n) is 8.67. The second kappa shape index (κ2) is 5.48. The normalized spacial score (nSPS) is 9.31. The minimum Gasteiger partial charge on any atom is -0.371 e. The van der Waals surface area contributed by atoms with Crippen LogP contribution in [0.2, 0.25) is 0 Å². The molecule has 0 N–H and O–H groups in total. The molecule has 0 aliphatic heterocycles. The van der Waals surface area contributed by atoms with Gasteiger partial charge in [0.05, 0.1) is 28.2 Å². The van der Waals surface area contributed by atoms with Crippen molar-refractivity contribution in [2.24, 2.45) is 0 Å². The van der Waals surface area contributed by atoms with Gasteiger partial charge in [-0.25, -0.2) is 4.39 Å². The fourth-order valence-electron chi connectivity index (χ4n) is 1.26. The Morgan fingerprint density at radius 3 is 2.69 bits per heavy atom. The highest BCUT2D eigenvalue weighted by Gasteiger charge is 2.13. The molecule has 1 aromatic rings. The SMILES string of the molecule is CN(CCC#N)c1ccc(C#N)c(Br)c1F. The van der Waals surface area contributed by atoms with Crippen molar-refractivity contribution in [3.05, 3.63) is 28.0 Å². The third-order valence-electron chi connectivity index (χ3n) is 2.15.